The molecule has 0 aliphatic heterocycles. The van der Waals surface area contributed by atoms with Crippen LogP contribution in [0.3, 0.4) is 0 Å². The van der Waals surface area contributed by atoms with Crippen molar-refractivity contribution in [1.29, 1.82) is 0 Å². The molecule has 37 heavy (non-hydrogen) atoms. The Hall–Kier alpha value is -2.40. The van der Waals surface area contributed by atoms with Crippen molar-refractivity contribution in [2.75, 3.05) is 11.5 Å². The SMILES string of the molecule is CC(C)(C)c1cc(C(=O)[O-])c(N)c(C(C)(C)C)c1.CC(C)(C)c1cc(C(=O)[O-])c(N)c(C(C)(C)C)c1.[Zn+2]. The first-order valence-electron chi connectivity index (χ1n) is 12.2. The number of carbonyl (C=O) groups is 2. The maximum atomic E-state index is 11.2. The van der Waals surface area contributed by atoms with Crippen LogP contribution in [0.15, 0.2) is 24.3 Å². The van der Waals surface area contributed by atoms with Crippen molar-refractivity contribution in [3.05, 3.63) is 57.6 Å². The summed E-state index contributed by atoms with van der Waals surface area (Å²) in [4.78, 5) is 22.4. The topological polar surface area (TPSA) is 132 Å². The molecule has 0 aliphatic rings. The van der Waals surface area contributed by atoms with Crippen LogP contribution in [0.25, 0.3) is 0 Å². The molecule has 0 atom stereocenters. The summed E-state index contributed by atoms with van der Waals surface area (Å²) in [5.74, 6) is -2.44. The molecule has 0 aromatic heterocycles. The van der Waals surface area contributed by atoms with Gasteiger partial charge in [0.25, 0.3) is 0 Å². The van der Waals surface area contributed by atoms with Crippen LogP contribution in [0.1, 0.15) is 126 Å². The van der Waals surface area contributed by atoms with Gasteiger partial charge < -0.3 is 31.3 Å². The number of carboxylic acid groups (broad SMARTS) is 2. The van der Waals surface area contributed by atoms with E-state index >= 15 is 0 Å². The Bertz CT molecular complexity index is 1050. The van der Waals surface area contributed by atoms with Gasteiger partial charge in [0.05, 0.1) is 11.9 Å². The van der Waals surface area contributed by atoms with Crippen LogP contribution >= 0.6 is 0 Å². The number of nitrogens with two attached hydrogens (primary N) is 2. The minimum Gasteiger partial charge on any atom is -0.545 e. The van der Waals surface area contributed by atoms with E-state index in [0.29, 0.717) is 11.4 Å². The number of hydrogen-bond donors (Lipinski definition) is 2. The summed E-state index contributed by atoms with van der Waals surface area (Å²) in [5, 5.41) is 22.4. The minimum absolute atomic E-state index is 0. The molecule has 0 unspecified atom stereocenters. The second-order valence-corrected chi connectivity index (χ2v) is 13.5. The third kappa shape index (κ3) is 8.84. The minimum atomic E-state index is -1.22. The standard InChI is InChI=1S/2C15H23NO2.Zn/c2*1-14(2,3)9-7-10(13(17)18)12(16)11(8-9)15(4,5)6;/h2*7-8H,16H2,1-6H3,(H,17,18);/q;;+2/p-2. The molecule has 0 fully saturated rings. The molecule has 7 heteroatoms. The van der Waals surface area contributed by atoms with Crippen molar-refractivity contribution in [2.24, 2.45) is 0 Å². The smallest absolute Gasteiger partial charge is 0.545 e. The van der Waals surface area contributed by atoms with E-state index in [1.165, 1.54) is 0 Å². The number of hydrogen-bond acceptors (Lipinski definition) is 6. The van der Waals surface area contributed by atoms with Gasteiger partial charge in [-0.3, -0.25) is 0 Å². The molecule has 4 N–H and O–H groups in total. The molecular formula is C30H44N2O4Zn. The van der Waals surface area contributed by atoms with Gasteiger partial charge in [-0.15, -0.1) is 0 Å². The van der Waals surface area contributed by atoms with E-state index in [1.54, 1.807) is 12.1 Å². The Morgan fingerprint density at radius 2 is 0.784 bits per heavy atom. The van der Waals surface area contributed by atoms with Crippen molar-refractivity contribution in [3.8, 4) is 0 Å². The Morgan fingerprint density at radius 1 is 0.541 bits per heavy atom. The summed E-state index contributed by atoms with van der Waals surface area (Å²) in [6.45, 7) is 24.4. The predicted octanol–water partition coefficient (Wildman–Crippen LogP) is 4.45. The van der Waals surface area contributed by atoms with Crippen LogP contribution in [0.2, 0.25) is 0 Å². The number of carboxylic acids is 2. The summed E-state index contributed by atoms with van der Waals surface area (Å²) >= 11 is 0. The number of nitrogen functional groups attached to an aromatic ring is 2. The summed E-state index contributed by atoms with van der Waals surface area (Å²) in [5.41, 5.74) is 15.7. The fourth-order valence-electron chi connectivity index (χ4n) is 3.75. The monoisotopic (exact) mass is 560 g/mol. The van der Waals surface area contributed by atoms with Gasteiger partial charge in [-0.1, -0.05) is 95.2 Å². The largest absolute Gasteiger partial charge is 2.00 e. The van der Waals surface area contributed by atoms with Crippen LogP contribution in [-0.2, 0) is 41.1 Å². The zero-order chi connectivity index (χ0) is 28.6. The van der Waals surface area contributed by atoms with Gasteiger partial charge in [0, 0.05) is 22.5 Å². The molecule has 0 saturated heterocycles. The number of aromatic carboxylic acids is 2. The molecular weight excluding hydrogens is 518 g/mol. The van der Waals surface area contributed by atoms with Gasteiger partial charge in [0.2, 0.25) is 0 Å². The third-order valence-electron chi connectivity index (χ3n) is 6.15. The second kappa shape index (κ2) is 11.6. The van der Waals surface area contributed by atoms with Crippen molar-refractivity contribution in [2.45, 2.75) is 105 Å². The summed E-state index contributed by atoms with van der Waals surface area (Å²) < 4.78 is 0. The average Bonchev–Trinajstić information content (AvgIpc) is 2.64. The zero-order valence-corrected chi connectivity index (χ0v) is 27.8. The van der Waals surface area contributed by atoms with E-state index < -0.39 is 11.9 Å². The molecule has 2 rings (SSSR count). The Morgan fingerprint density at radius 3 is 0.946 bits per heavy atom. The van der Waals surface area contributed by atoms with Crippen molar-refractivity contribution >= 4 is 23.3 Å². The van der Waals surface area contributed by atoms with Crippen LogP contribution in [-0.4, -0.2) is 11.9 Å². The fourth-order valence-corrected chi connectivity index (χ4v) is 3.75. The van der Waals surface area contributed by atoms with Gasteiger partial charge in [0.15, 0.2) is 0 Å². The molecule has 0 spiro atoms. The number of rotatable bonds is 2. The van der Waals surface area contributed by atoms with Crippen LogP contribution in [0.4, 0.5) is 11.4 Å². The van der Waals surface area contributed by atoms with Crippen LogP contribution in [0, 0.1) is 0 Å². The molecule has 2 aromatic carbocycles. The molecule has 2 aromatic rings. The maximum Gasteiger partial charge on any atom is 2.00 e. The van der Waals surface area contributed by atoms with E-state index in [2.05, 4.69) is 0 Å². The van der Waals surface area contributed by atoms with Crippen LogP contribution < -0.4 is 21.7 Å². The van der Waals surface area contributed by atoms with Gasteiger partial charge in [-0.2, -0.15) is 0 Å². The maximum absolute atomic E-state index is 11.2. The van der Waals surface area contributed by atoms with E-state index in [1.807, 2.05) is 95.2 Å². The quantitative estimate of drug-likeness (QED) is 0.411. The molecule has 0 amide bonds. The number of anilines is 2. The molecule has 0 bridgehead atoms. The summed E-state index contributed by atoms with van der Waals surface area (Å²) in [7, 11) is 0. The number of carbonyl (C=O) groups excluding carboxylic acids is 2. The molecule has 200 valence electrons. The molecule has 0 saturated carbocycles. The Labute approximate surface area is 236 Å². The van der Waals surface area contributed by atoms with E-state index in [4.69, 9.17) is 11.5 Å². The summed E-state index contributed by atoms with van der Waals surface area (Å²) in [6, 6.07) is 7.25. The Balaban J connectivity index is 0.000000682. The van der Waals surface area contributed by atoms with Crippen molar-refractivity contribution < 1.29 is 39.3 Å². The second-order valence-electron chi connectivity index (χ2n) is 13.5. The van der Waals surface area contributed by atoms with Crippen molar-refractivity contribution in [1.82, 2.24) is 0 Å². The average molecular weight is 562 g/mol. The van der Waals surface area contributed by atoms with Gasteiger partial charge in [0.1, 0.15) is 0 Å². The third-order valence-corrected chi connectivity index (χ3v) is 6.15. The molecule has 0 aliphatic carbocycles. The van der Waals surface area contributed by atoms with Crippen molar-refractivity contribution in [3.63, 3.8) is 0 Å². The zero-order valence-electron chi connectivity index (χ0n) is 24.8. The molecule has 0 radical (unpaired) electrons. The van der Waals surface area contributed by atoms with Gasteiger partial charge in [-0.25, -0.2) is 0 Å². The van der Waals surface area contributed by atoms with E-state index in [9.17, 15) is 19.8 Å². The van der Waals surface area contributed by atoms with E-state index in [0.717, 1.165) is 22.3 Å². The fraction of sp³-hybridized carbons (Fsp3) is 0.533. The normalized spacial score (nSPS) is 12.2. The predicted molar refractivity (Wildman–Crippen MR) is 145 cm³/mol. The molecule has 6 nitrogen and oxygen atoms in total. The van der Waals surface area contributed by atoms with Crippen LogP contribution in [0.5, 0.6) is 0 Å². The number of benzene rings is 2. The van der Waals surface area contributed by atoms with Gasteiger partial charge in [-0.05, 0) is 56.0 Å². The molecule has 0 heterocycles. The van der Waals surface area contributed by atoms with E-state index in [-0.39, 0.29) is 52.3 Å². The first-order chi connectivity index (χ1) is 15.9. The summed E-state index contributed by atoms with van der Waals surface area (Å²) in [6.07, 6.45) is 0. The first-order valence-corrected chi connectivity index (χ1v) is 12.2. The first kappa shape index (κ1) is 34.6. The Kier molecular flexibility index (Phi) is 10.8. The van der Waals surface area contributed by atoms with Gasteiger partial charge >= 0.3 is 19.5 Å².